The van der Waals surface area contributed by atoms with Crippen LogP contribution < -0.4 is 4.74 Å². The molecule has 2 nitrogen and oxygen atoms in total. The Bertz CT molecular complexity index is 468. The quantitative estimate of drug-likeness (QED) is 0.868. The highest BCUT2D eigenvalue weighted by molar-refractivity contribution is 5.44. The lowest BCUT2D eigenvalue weighted by molar-refractivity contribution is -0.143. The highest BCUT2D eigenvalue weighted by Crippen LogP contribution is 2.62. The number of benzene rings is 1. The largest absolute Gasteiger partial charge is 0.497 e. The molecule has 1 fully saturated rings. The normalized spacial score (nSPS) is 37.4. The Balaban J connectivity index is 2.05. The third kappa shape index (κ3) is 1.38. The van der Waals surface area contributed by atoms with Gasteiger partial charge in [0.05, 0.1) is 13.2 Å². The zero-order valence-corrected chi connectivity index (χ0v) is 11.4. The summed E-state index contributed by atoms with van der Waals surface area (Å²) >= 11 is 0. The number of rotatable bonds is 2. The van der Waals surface area contributed by atoms with Gasteiger partial charge in [0.1, 0.15) is 5.75 Å². The van der Waals surface area contributed by atoms with Crippen molar-refractivity contribution in [1.29, 1.82) is 0 Å². The molecule has 2 heteroatoms. The van der Waals surface area contributed by atoms with Crippen LogP contribution in [0.4, 0.5) is 0 Å². The van der Waals surface area contributed by atoms with Crippen LogP contribution >= 0.6 is 0 Å². The van der Waals surface area contributed by atoms with E-state index >= 15 is 0 Å². The molecule has 1 saturated carbocycles. The Morgan fingerprint density at radius 1 is 1.44 bits per heavy atom. The minimum atomic E-state index is -0.133. The van der Waals surface area contributed by atoms with Crippen molar-refractivity contribution in [1.82, 2.24) is 0 Å². The summed E-state index contributed by atoms with van der Waals surface area (Å²) in [7, 11) is 1.72. The van der Waals surface area contributed by atoms with E-state index in [1.165, 1.54) is 11.1 Å². The SMILES string of the molecule is CCC1(C)C(O)C2CCc3ccc(OC)cc3C21. The minimum absolute atomic E-state index is 0.0478. The Kier molecular flexibility index (Phi) is 2.67. The van der Waals surface area contributed by atoms with Crippen LogP contribution in [-0.2, 0) is 6.42 Å². The molecule has 0 aromatic heterocycles. The van der Waals surface area contributed by atoms with E-state index in [4.69, 9.17) is 4.74 Å². The zero-order valence-electron chi connectivity index (χ0n) is 11.4. The number of ether oxygens (including phenoxy) is 1. The van der Waals surface area contributed by atoms with Gasteiger partial charge in [-0.05, 0) is 54.4 Å². The van der Waals surface area contributed by atoms with Crippen LogP contribution in [0.5, 0.6) is 5.75 Å². The lowest BCUT2D eigenvalue weighted by atomic mass is 9.46. The maximum absolute atomic E-state index is 10.4. The predicted octanol–water partition coefficient (Wildman–Crippen LogP) is 3.13. The van der Waals surface area contributed by atoms with Crippen LogP contribution in [0.2, 0.25) is 0 Å². The van der Waals surface area contributed by atoms with Crippen LogP contribution in [0.1, 0.15) is 43.7 Å². The second-order valence-electron chi connectivity index (χ2n) is 6.05. The molecule has 1 N–H and O–H groups in total. The van der Waals surface area contributed by atoms with Gasteiger partial charge in [0, 0.05) is 5.41 Å². The molecule has 2 aliphatic carbocycles. The van der Waals surface area contributed by atoms with E-state index in [9.17, 15) is 5.11 Å². The molecular weight excluding hydrogens is 224 g/mol. The van der Waals surface area contributed by atoms with E-state index in [2.05, 4.69) is 32.0 Å². The van der Waals surface area contributed by atoms with Crippen LogP contribution in [0.25, 0.3) is 0 Å². The van der Waals surface area contributed by atoms with Crippen molar-refractivity contribution in [2.24, 2.45) is 11.3 Å². The average molecular weight is 246 g/mol. The molecule has 0 radical (unpaired) electrons. The van der Waals surface area contributed by atoms with Crippen molar-refractivity contribution in [3.63, 3.8) is 0 Å². The van der Waals surface area contributed by atoms with Crippen molar-refractivity contribution in [2.75, 3.05) is 7.11 Å². The van der Waals surface area contributed by atoms with Crippen molar-refractivity contribution in [3.8, 4) is 5.75 Å². The first-order valence-corrected chi connectivity index (χ1v) is 6.96. The van der Waals surface area contributed by atoms with Gasteiger partial charge in [-0.25, -0.2) is 0 Å². The average Bonchev–Trinajstić information content (AvgIpc) is 2.43. The van der Waals surface area contributed by atoms with Crippen LogP contribution in [0, 0.1) is 11.3 Å². The molecule has 4 unspecified atom stereocenters. The number of hydrogen-bond donors (Lipinski definition) is 1. The molecular formula is C16H22O2. The van der Waals surface area contributed by atoms with Crippen molar-refractivity contribution in [2.45, 2.75) is 45.1 Å². The molecule has 3 rings (SSSR count). The molecule has 98 valence electrons. The molecule has 2 aliphatic rings. The smallest absolute Gasteiger partial charge is 0.119 e. The number of methoxy groups -OCH3 is 1. The summed E-state index contributed by atoms with van der Waals surface area (Å²) in [5.74, 6) is 1.90. The summed E-state index contributed by atoms with van der Waals surface area (Å²) in [6, 6.07) is 6.44. The van der Waals surface area contributed by atoms with E-state index in [1.807, 2.05) is 0 Å². The van der Waals surface area contributed by atoms with Crippen LogP contribution in [0.15, 0.2) is 18.2 Å². The third-order valence-corrected chi connectivity index (χ3v) is 5.42. The van der Waals surface area contributed by atoms with Crippen LogP contribution in [0.3, 0.4) is 0 Å². The van der Waals surface area contributed by atoms with Gasteiger partial charge < -0.3 is 9.84 Å². The second kappa shape index (κ2) is 3.99. The van der Waals surface area contributed by atoms with Gasteiger partial charge >= 0.3 is 0 Å². The Morgan fingerprint density at radius 3 is 2.89 bits per heavy atom. The number of aliphatic hydroxyl groups excluding tert-OH is 1. The molecule has 1 aromatic rings. The fourth-order valence-corrected chi connectivity index (χ4v) is 4.10. The molecule has 0 aliphatic heterocycles. The first-order chi connectivity index (χ1) is 8.61. The zero-order chi connectivity index (χ0) is 12.9. The van der Waals surface area contributed by atoms with Gasteiger partial charge in [0.2, 0.25) is 0 Å². The summed E-state index contributed by atoms with van der Waals surface area (Å²) in [4.78, 5) is 0. The summed E-state index contributed by atoms with van der Waals surface area (Å²) < 4.78 is 5.35. The Hall–Kier alpha value is -1.02. The first kappa shape index (κ1) is 12.0. The fraction of sp³-hybridized carbons (Fsp3) is 0.625. The highest BCUT2D eigenvalue weighted by Gasteiger charge is 2.59. The molecule has 0 saturated heterocycles. The third-order valence-electron chi connectivity index (χ3n) is 5.42. The molecule has 0 bridgehead atoms. The number of hydrogen-bond acceptors (Lipinski definition) is 2. The molecule has 1 aromatic carbocycles. The van der Waals surface area contributed by atoms with Gasteiger partial charge in [-0.2, -0.15) is 0 Å². The van der Waals surface area contributed by atoms with E-state index < -0.39 is 0 Å². The Labute approximate surface area is 109 Å². The van der Waals surface area contributed by atoms with Gasteiger partial charge in [-0.1, -0.05) is 19.9 Å². The summed E-state index contributed by atoms with van der Waals surface area (Å²) in [6.07, 6.45) is 3.12. The second-order valence-corrected chi connectivity index (χ2v) is 6.05. The molecule has 0 spiro atoms. The summed E-state index contributed by atoms with van der Waals surface area (Å²) in [5.41, 5.74) is 2.91. The van der Waals surface area contributed by atoms with Crippen molar-refractivity contribution < 1.29 is 9.84 Å². The minimum Gasteiger partial charge on any atom is -0.497 e. The number of aryl methyl sites for hydroxylation is 1. The lowest BCUT2D eigenvalue weighted by Crippen LogP contribution is -2.58. The van der Waals surface area contributed by atoms with Gasteiger partial charge in [-0.15, -0.1) is 0 Å². The van der Waals surface area contributed by atoms with E-state index in [-0.39, 0.29) is 11.5 Å². The molecule has 0 amide bonds. The lowest BCUT2D eigenvalue weighted by Gasteiger charge is -2.60. The van der Waals surface area contributed by atoms with E-state index in [0.29, 0.717) is 11.8 Å². The number of aliphatic hydroxyl groups is 1. The monoisotopic (exact) mass is 246 g/mol. The Morgan fingerprint density at radius 2 is 2.22 bits per heavy atom. The fourth-order valence-electron chi connectivity index (χ4n) is 4.10. The summed E-state index contributed by atoms with van der Waals surface area (Å²) in [6.45, 7) is 4.42. The predicted molar refractivity (Wildman–Crippen MR) is 72.0 cm³/mol. The van der Waals surface area contributed by atoms with Crippen LogP contribution in [-0.4, -0.2) is 18.3 Å². The molecule has 4 atom stereocenters. The maximum Gasteiger partial charge on any atom is 0.119 e. The van der Waals surface area contributed by atoms with E-state index in [0.717, 1.165) is 25.0 Å². The van der Waals surface area contributed by atoms with Crippen molar-refractivity contribution >= 4 is 0 Å². The maximum atomic E-state index is 10.4. The standard InChI is InChI=1S/C16H22O2/c1-4-16(2)14-12(15(16)17)8-6-10-5-7-11(18-3)9-13(10)14/h5,7,9,12,14-15,17H,4,6,8H2,1-3H3. The van der Waals surface area contributed by atoms with Gasteiger partial charge in [-0.3, -0.25) is 0 Å². The number of fused-ring (bicyclic) bond motifs is 3. The highest BCUT2D eigenvalue weighted by atomic mass is 16.5. The van der Waals surface area contributed by atoms with Crippen molar-refractivity contribution in [3.05, 3.63) is 29.3 Å². The molecule has 0 heterocycles. The van der Waals surface area contributed by atoms with Gasteiger partial charge in [0.25, 0.3) is 0 Å². The topological polar surface area (TPSA) is 29.5 Å². The molecule has 18 heavy (non-hydrogen) atoms. The summed E-state index contributed by atoms with van der Waals surface area (Å²) in [5, 5.41) is 10.4. The first-order valence-electron chi connectivity index (χ1n) is 6.96. The van der Waals surface area contributed by atoms with E-state index in [1.54, 1.807) is 7.11 Å². The van der Waals surface area contributed by atoms with Gasteiger partial charge in [0.15, 0.2) is 0 Å².